The van der Waals surface area contributed by atoms with Crippen LogP contribution in [0.1, 0.15) is 44.7 Å². The van der Waals surface area contributed by atoms with Gasteiger partial charge in [0.2, 0.25) is 5.95 Å². The SMILES string of the molecule is CCc1cccc(CC)c1Nc1nccc(N2CCC(C)CC2)n1. The summed E-state index contributed by atoms with van der Waals surface area (Å²) in [5.74, 6) is 2.55. The molecule has 1 aromatic heterocycles. The van der Waals surface area contributed by atoms with Crippen LogP contribution in [0.5, 0.6) is 0 Å². The highest BCUT2D eigenvalue weighted by atomic mass is 15.2. The standard InChI is InChI=1S/C20H28N4/c1-4-16-7-6-8-17(5-2)19(16)23-20-21-12-9-18(22-20)24-13-10-15(3)11-14-24/h6-9,12,15H,4-5,10-11,13-14H2,1-3H3,(H,21,22,23). The second-order valence-electron chi connectivity index (χ2n) is 6.69. The molecule has 128 valence electrons. The van der Waals surface area contributed by atoms with Crippen molar-refractivity contribution in [2.24, 2.45) is 5.92 Å². The molecule has 1 saturated heterocycles. The lowest BCUT2D eigenvalue weighted by Gasteiger charge is -2.31. The van der Waals surface area contributed by atoms with Crippen molar-refractivity contribution in [2.45, 2.75) is 46.5 Å². The molecule has 0 amide bonds. The Kier molecular flexibility index (Phi) is 5.34. The molecular weight excluding hydrogens is 296 g/mol. The van der Waals surface area contributed by atoms with Crippen LogP contribution in [0.4, 0.5) is 17.5 Å². The van der Waals surface area contributed by atoms with Gasteiger partial charge in [0, 0.05) is 25.0 Å². The van der Waals surface area contributed by atoms with Gasteiger partial charge in [-0.05, 0) is 48.8 Å². The molecule has 0 radical (unpaired) electrons. The number of rotatable bonds is 5. The molecule has 1 aliphatic heterocycles. The fourth-order valence-corrected chi connectivity index (χ4v) is 3.34. The summed E-state index contributed by atoms with van der Waals surface area (Å²) in [5, 5.41) is 3.48. The highest BCUT2D eigenvalue weighted by Crippen LogP contribution is 2.26. The fourth-order valence-electron chi connectivity index (χ4n) is 3.34. The van der Waals surface area contributed by atoms with E-state index in [1.165, 1.54) is 29.7 Å². The Morgan fingerprint density at radius 1 is 1.08 bits per heavy atom. The van der Waals surface area contributed by atoms with E-state index in [9.17, 15) is 0 Å². The van der Waals surface area contributed by atoms with E-state index in [2.05, 4.69) is 54.2 Å². The van der Waals surface area contributed by atoms with E-state index >= 15 is 0 Å². The number of hydrogen-bond acceptors (Lipinski definition) is 4. The summed E-state index contributed by atoms with van der Waals surface area (Å²) in [5.41, 5.74) is 3.80. The van der Waals surface area contributed by atoms with Crippen LogP contribution in [-0.4, -0.2) is 23.1 Å². The smallest absolute Gasteiger partial charge is 0.229 e. The van der Waals surface area contributed by atoms with Gasteiger partial charge in [-0.3, -0.25) is 0 Å². The second-order valence-corrected chi connectivity index (χ2v) is 6.69. The lowest BCUT2D eigenvalue weighted by atomic mass is 9.99. The molecule has 0 saturated carbocycles. The fraction of sp³-hybridized carbons (Fsp3) is 0.500. The molecule has 24 heavy (non-hydrogen) atoms. The van der Waals surface area contributed by atoms with Gasteiger partial charge in [0.1, 0.15) is 5.82 Å². The van der Waals surface area contributed by atoms with Crippen LogP contribution in [0.15, 0.2) is 30.5 Å². The molecule has 2 aromatic rings. The largest absolute Gasteiger partial charge is 0.356 e. The summed E-state index contributed by atoms with van der Waals surface area (Å²) in [6.45, 7) is 8.88. The first-order chi connectivity index (χ1) is 11.7. The normalized spacial score (nSPS) is 15.5. The topological polar surface area (TPSA) is 41.1 Å². The van der Waals surface area contributed by atoms with Crippen molar-refractivity contribution in [3.05, 3.63) is 41.6 Å². The van der Waals surface area contributed by atoms with Gasteiger partial charge >= 0.3 is 0 Å². The van der Waals surface area contributed by atoms with Crippen molar-refractivity contribution >= 4 is 17.5 Å². The summed E-state index contributed by atoms with van der Waals surface area (Å²) in [4.78, 5) is 11.6. The molecule has 2 heterocycles. The number of aromatic nitrogens is 2. The van der Waals surface area contributed by atoms with Gasteiger partial charge in [0.15, 0.2) is 0 Å². The minimum atomic E-state index is 0.696. The molecule has 0 unspecified atom stereocenters. The van der Waals surface area contributed by atoms with Gasteiger partial charge in [0.25, 0.3) is 0 Å². The molecule has 1 fully saturated rings. The van der Waals surface area contributed by atoms with E-state index in [-0.39, 0.29) is 0 Å². The molecule has 0 aliphatic carbocycles. The Bertz CT molecular complexity index is 653. The predicted molar refractivity (Wildman–Crippen MR) is 101 cm³/mol. The van der Waals surface area contributed by atoms with Gasteiger partial charge in [-0.1, -0.05) is 39.0 Å². The molecule has 0 bridgehead atoms. The zero-order valence-corrected chi connectivity index (χ0v) is 15.0. The second kappa shape index (κ2) is 7.65. The minimum Gasteiger partial charge on any atom is -0.356 e. The Hall–Kier alpha value is -2.10. The number of nitrogens with one attached hydrogen (secondary N) is 1. The first-order valence-corrected chi connectivity index (χ1v) is 9.17. The van der Waals surface area contributed by atoms with Crippen LogP contribution in [0.2, 0.25) is 0 Å². The van der Waals surface area contributed by atoms with E-state index < -0.39 is 0 Å². The average Bonchev–Trinajstić information content (AvgIpc) is 2.62. The molecule has 3 rings (SSSR count). The lowest BCUT2D eigenvalue weighted by Crippen LogP contribution is -2.33. The van der Waals surface area contributed by atoms with Crippen LogP contribution in [-0.2, 0) is 12.8 Å². The molecule has 1 N–H and O–H groups in total. The molecule has 1 aliphatic rings. The summed E-state index contributed by atoms with van der Waals surface area (Å²) < 4.78 is 0. The zero-order chi connectivity index (χ0) is 16.9. The third-order valence-electron chi connectivity index (χ3n) is 4.98. The molecule has 4 nitrogen and oxygen atoms in total. The number of benzene rings is 1. The third kappa shape index (κ3) is 3.69. The van der Waals surface area contributed by atoms with Crippen molar-refractivity contribution in [1.29, 1.82) is 0 Å². The van der Waals surface area contributed by atoms with Gasteiger partial charge in [-0.15, -0.1) is 0 Å². The Labute approximate surface area is 145 Å². The number of para-hydroxylation sites is 1. The van der Waals surface area contributed by atoms with Crippen molar-refractivity contribution in [3.63, 3.8) is 0 Å². The molecule has 0 spiro atoms. The van der Waals surface area contributed by atoms with Crippen LogP contribution >= 0.6 is 0 Å². The number of piperidine rings is 1. The summed E-state index contributed by atoms with van der Waals surface area (Å²) in [7, 11) is 0. The van der Waals surface area contributed by atoms with Crippen molar-refractivity contribution in [2.75, 3.05) is 23.3 Å². The molecule has 0 atom stereocenters. The number of aryl methyl sites for hydroxylation is 2. The highest BCUT2D eigenvalue weighted by Gasteiger charge is 2.17. The van der Waals surface area contributed by atoms with Gasteiger partial charge < -0.3 is 10.2 Å². The number of anilines is 3. The van der Waals surface area contributed by atoms with E-state index in [0.29, 0.717) is 5.95 Å². The summed E-state index contributed by atoms with van der Waals surface area (Å²) >= 11 is 0. The predicted octanol–water partition coefficient (Wildman–Crippen LogP) is 4.58. The van der Waals surface area contributed by atoms with Crippen LogP contribution in [0, 0.1) is 5.92 Å². The Balaban J connectivity index is 1.83. The first kappa shape index (κ1) is 16.7. The third-order valence-corrected chi connectivity index (χ3v) is 4.98. The molecule has 1 aromatic carbocycles. The minimum absolute atomic E-state index is 0.696. The molecule has 4 heteroatoms. The van der Waals surface area contributed by atoms with E-state index in [1.54, 1.807) is 0 Å². The van der Waals surface area contributed by atoms with E-state index in [0.717, 1.165) is 37.7 Å². The van der Waals surface area contributed by atoms with E-state index in [1.807, 2.05) is 12.3 Å². The quantitative estimate of drug-likeness (QED) is 0.874. The summed E-state index contributed by atoms with van der Waals surface area (Å²) in [6, 6.07) is 8.51. The number of nitrogens with zero attached hydrogens (tertiary/aromatic N) is 3. The highest BCUT2D eigenvalue weighted by molar-refractivity contribution is 5.64. The maximum Gasteiger partial charge on any atom is 0.229 e. The van der Waals surface area contributed by atoms with Crippen molar-refractivity contribution in [1.82, 2.24) is 9.97 Å². The van der Waals surface area contributed by atoms with Crippen LogP contribution in [0.25, 0.3) is 0 Å². The first-order valence-electron chi connectivity index (χ1n) is 9.17. The van der Waals surface area contributed by atoms with Gasteiger partial charge in [-0.2, -0.15) is 4.98 Å². The van der Waals surface area contributed by atoms with Crippen molar-refractivity contribution in [3.8, 4) is 0 Å². The average molecular weight is 324 g/mol. The zero-order valence-electron chi connectivity index (χ0n) is 15.0. The Morgan fingerprint density at radius 3 is 2.38 bits per heavy atom. The van der Waals surface area contributed by atoms with Crippen molar-refractivity contribution < 1.29 is 0 Å². The maximum absolute atomic E-state index is 4.77. The van der Waals surface area contributed by atoms with Gasteiger partial charge in [0.05, 0.1) is 0 Å². The van der Waals surface area contributed by atoms with Crippen LogP contribution < -0.4 is 10.2 Å². The van der Waals surface area contributed by atoms with E-state index in [4.69, 9.17) is 4.98 Å². The monoisotopic (exact) mass is 324 g/mol. The maximum atomic E-state index is 4.77. The lowest BCUT2D eigenvalue weighted by molar-refractivity contribution is 0.436. The van der Waals surface area contributed by atoms with Gasteiger partial charge in [-0.25, -0.2) is 4.98 Å². The van der Waals surface area contributed by atoms with Crippen LogP contribution in [0.3, 0.4) is 0 Å². The molecular formula is C20H28N4. The summed E-state index contributed by atoms with van der Waals surface area (Å²) in [6.07, 6.45) is 6.35. The number of hydrogen-bond donors (Lipinski definition) is 1. The Morgan fingerprint density at radius 2 is 1.75 bits per heavy atom.